The third-order valence-electron chi connectivity index (χ3n) is 3.26. The molecule has 18 heavy (non-hydrogen) atoms. The quantitative estimate of drug-likeness (QED) is 0.799. The molecule has 0 aliphatic heterocycles. The number of para-hydroxylation sites is 1. The van der Waals surface area contributed by atoms with Gasteiger partial charge in [0.2, 0.25) is 0 Å². The first kappa shape index (κ1) is 12.5. The lowest BCUT2D eigenvalue weighted by Crippen LogP contribution is -2.03. The molecular weight excluding hydrogens is 220 g/mol. The summed E-state index contributed by atoms with van der Waals surface area (Å²) in [5.74, 6) is 0. The van der Waals surface area contributed by atoms with Crippen molar-refractivity contribution in [3.05, 3.63) is 59.2 Å². The summed E-state index contributed by atoms with van der Waals surface area (Å²) in [4.78, 5) is 0. The minimum absolute atomic E-state index is 0.761. The second-order valence-electron chi connectivity index (χ2n) is 4.55. The Morgan fingerprint density at radius 1 is 1.06 bits per heavy atom. The minimum Gasteiger partial charge on any atom is -0.398 e. The average molecular weight is 240 g/mol. The fourth-order valence-electron chi connectivity index (χ4n) is 2.09. The van der Waals surface area contributed by atoms with Crippen LogP contribution in [0.4, 0.5) is 11.4 Å². The highest BCUT2D eigenvalue weighted by Gasteiger charge is 2.00. The normalized spacial score (nSPS) is 10.3. The second kappa shape index (κ2) is 5.58. The summed E-state index contributed by atoms with van der Waals surface area (Å²) in [5.41, 5.74) is 11.8. The number of benzene rings is 2. The molecule has 0 aliphatic rings. The highest BCUT2D eigenvalue weighted by Crippen LogP contribution is 2.18. The van der Waals surface area contributed by atoms with Crippen LogP contribution < -0.4 is 11.1 Å². The van der Waals surface area contributed by atoms with Gasteiger partial charge in [0.05, 0.1) is 0 Å². The Hall–Kier alpha value is -1.96. The number of hydrogen-bond acceptors (Lipinski definition) is 2. The molecule has 0 amide bonds. The highest BCUT2D eigenvalue weighted by atomic mass is 14.9. The van der Waals surface area contributed by atoms with E-state index in [0.717, 1.165) is 29.9 Å². The van der Waals surface area contributed by atoms with Gasteiger partial charge >= 0.3 is 0 Å². The zero-order valence-corrected chi connectivity index (χ0v) is 11.0. The first-order chi connectivity index (χ1) is 8.70. The van der Waals surface area contributed by atoms with Crippen LogP contribution in [-0.4, -0.2) is 0 Å². The van der Waals surface area contributed by atoms with E-state index in [1.807, 2.05) is 18.2 Å². The Morgan fingerprint density at radius 2 is 1.83 bits per heavy atom. The fourth-order valence-corrected chi connectivity index (χ4v) is 2.09. The molecule has 2 heteroatoms. The van der Waals surface area contributed by atoms with E-state index >= 15 is 0 Å². The lowest BCUT2D eigenvalue weighted by atomic mass is 10.1. The Morgan fingerprint density at radius 3 is 2.50 bits per heavy atom. The number of nitrogen functional groups attached to an aromatic ring is 1. The maximum atomic E-state index is 5.92. The van der Waals surface area contributed by atoms with Crippen molar-refractivity contribution in [2.75, 3.05) is 11.1 Å². The van der Waals surface area contributed by atoms with Crippen molar-refractivity contribution in [1.82, 2.24) is 0 Å². The van der Waals surface area contributed by atoms with Crippen molar-refractivity contribution in [3.63, 3.8) is 0 Å². The van der Waals surface area contributed by atoms with Crippen LogP contribution in [0.1, 0.15) is 23.6 Å². The Kier molecular flexibility index (Phi) is 3.88. The average Bonchev–Trinajstić information content (AvgIpc) is 2.38. The lowest BCUT2D eigenvalue weighted by molar-refractivity contribution is 1.10. The molecule has 0 spiro atoms. The standard InChI is InChI=1S/C16H20N2/c1-3-13-8-9-15(10-12(13)2)18-11-14-6-4-5-7-16(14)17/h4-10,18H,3,11,17H2,1-2H3. The van der Waals surface area contributed by atoms with Gasteiger partial charge in [-0.1, -0.05) is 31.2 Å². The van der Waals surface area contributed by atoms with Gasteiger partial charge in [0.15, 0.2) is 0 Å². The summed E-state index contributed by atoms with van der Waals surface area (Å²) >= 11 is 0. The number of nitrogens with one attached hydrogen (secondary N) is 1. The van der Waals surface area contributed by atoms with Crippen molar-refractivity contribution < 1.29 is 0 Å². The molecule has 0 aromatic heterocycles. The van der Waals surface area contributed by atoms with E-state index in [2.05, 4.69) is 43.4 Å². The summed E-state index contributed by atoms with van der Waals surface area (Å²) in [5, 5.41) is 3.41. The molecular formula is C16H20N2. The third-order valence-corrected chi connectivity index (χ3v) is 3.26. The molecule has 0 saturated carbocycles. The van der Waals surface area contributed by atoms with E-state index in [0.29, 0.717) is 0 Å². The molecule has 2 aromatic carbocycles. The molecule has 2 aromatic rings. The molecule has 0 heterocycles. The number of hydrogen-bond donors (Lipinski definition) is 2. The van der Waals surface area contributed by atoms with Crippen LogP contribution in [0.25, 0.3) is 0 Å². The van der Waals surface area contributed by atoms with Crippen LogP contribution in [-0.2, 0) is 13.0 Å². The fraction of sp³-hybridized carbons (Fsp3) is 0.250. The smallest absolute Gasteiger partial charge is 0.0421 e. The Balaban J connectivity index is 2.07. The van der Waals surface area contributed by atoms with Gasteiger partial charge in [0.1, 0.15) is 0 Å². The summed E-state index contributed by atoms with van der Waals surface area (Å²) in [6, 6.07) is 14.5. The van der Waals surface area contributed by atoms with E-state index in [1.54, 1.807) is 0 Å². The van der Waals surface area contributed by atoms with Crippen molar-refractivity contribution in [1.29, 1.82) is 0 Å². The van der Waals surface area contributed by atoms with Crippen molar-refractivity contribution in [2.45, 2.75) is 26.8 Å². The SMILES string of the molecule is CCc1ccc(NCc2ccccc2N)cc1C. The summed E-state index contributed by atoms with van der Waals surface area (Å²) < 4.78 is 0. The van der Waals surface area contributed by atoms with Crippen molar-refractivity contribution in [3.8, 4) is 0 Å². The van der Waals surface area contributed by atoms with Crippen LogP contribution in [0.5, 0.6) is 0 Å². The van der Waals surface area contributed by atoms with E-state index in [9.17, 15) is 0 Å². The van der Waals surface area contributed by atoms with Crippen molar-refractivity contribution in [2.24, 2.45) is 0 Å². The zero-order chi connectivity index (χ0) is 13.0. The van der Waals surface area contributed by atoms with Crippen LogP contribution in [0, 0.1) is 6.92 Å². The minimum atomic E-state index is 0.761. The monoisotopic (exact) mass is 240 g/mol. The van der Waals surface area contributed by atoms with Crippen LogP contribution in [0.15, 0.2) is 42.5 Å². The predicted octanol–water partition coefficient (Wildman–Crippen LogP) is 3.75. The molecule has 0 fully saturated rings. The van der Waals surface area contributed by atoms with Gasteiger partial charge in [-0.05, 0) is 48.2 Å². The summed E-state index contributed by atoms with van der Waals surface area (Å²) in [6.45, 7) is 5.10. The molecule has 0 aliphatic carbocycles. The second-order valence-corrected chi connectivity index (χ2v) is 4.55. The predicted molar refractivity (Wildman–Crippen MR) is 78.7 cm³/mol. The molecule has 0 saturated heterocycles. The van der Waals surface area contributed by atoms with Crippen LogP contribution in [0.2, 0.25) is 0 Å². The number of rotatable bonds is 4. The summed E-state index contributed by atoms with van der Waals surface area (Å²) in [6.07, 6.45) is 1.08. The van der Waals surface area contributed by atoms with Crippen LogP contribution >= 0.6 is 0 Å². The van der Waals surface area contributed by atoms with E-state index in [1.165, 1.54) is 11.1 Å². The number of anilines is 2. The van der Waals surface area contributed by atoms with Gasteiger partial charge in [0, 0.05) is 17.9 Å². The molecule has 0 atom stereocenters. The third kappa shape index (κ3) is 2.83. The number of nitrogens with two attached hydrogens (primary N) is 1. The largest absolute Gasteiger partial charge is 0.398 e. The molecule has 0 unspecified atom stereocenters. The summed E-state index contributed by atoms with van der Waals surface area (Å²) in [7, 11) is 0. The molecule has 2 nitrogen and oxygen atoms in total. The first-order valence-electron chi connectivity index (χ1n) is 6.37. The first-order valence-corrected chi connectivity index (χ1v) is 6.37. The van der Waals surface area contributed by atoms with Gasteiger partial charge in [-0.15, -0.1) is 0 Å². The molecule has 3 N–H and O–H groups in total. The maximum Gasteiger partial charge on any atom is 0.0421 e. The molecule has 94 valence electrons. The van der Waals surface area contributed by atoms with Gasteiger partial charge < -0.3 is 11.1 Å². The van der Waals surface area contributed by atoms with Gasteiger partial charge in [0.25, 0.3) is 0 Å². The molecule has 2 rings (SSSR count). The van der Waals surface area contributed by atoms with E-state index in [4.69, 9.17) is 5.73 Å². The van der Waals surface area contributed by atoms with Gasteiger partial charge in [-0.25, -0.2) is 0 Å². The lowest BCUT2D eigenvalue weighted by Gasteiger charge is -2.11. The van der Waals surface area contributed by atoms with Crippen molar-refractivity contribution >= 4 is 11.4 Å². The van der Waals surface area contributed by atoms with Gasteiger partial charge in [-0.3, -0.25) is 0 Å². The highest BCUT2D eigenvalue weighted by molar-refractivity contribution is 5.52. The maximum absolute atomic E-state index is 5.92. The molecule has 0 bridgehead atoms. The topological polar surface area (TPSA) is 38.0 Å². The Bertz CT molecular complexity index is 532. The zero-order valence-electron chi connectivity index (χ0n) is 11.0. The van der Waals surface area contributed by atoms with E-state index < -0.39 is 0 Å². The Labute approximate surface area is 109 Å². The van der Waals surface area contributed by atoms with Gasteiger partial charge in [-0.2, -0.15) is 0 Å². The van der Waals surface area contributed by atoms with Crippen LogP contribution in [0.3, 0.4) is 0 Å². The number of aryl methyl sites for hydroxylation is 2. The van der Waals surface area contributed by atoms with E-state index in [-0.39, 0.29) is 0 Å². The molecule has 0 radical (unpaired) electrons.